The molecule has 0 aliphatic heterocycles. The third kappa shape index (κ3) is 5.49. The zero-order valence-electron chi connectivity index (χ0n) is 14.9. The van der Waals surface area contributed by atoms with Gasteiger partial charge in [-0.2, -0.15) is 0 Å². The van der Waals surface area contributed by atoms with Crippen LogP contribution >= 0.6 is 11.6 Å². The molecule has 5 nitrogen and oxygen atoms in total. The molecular formula is C20H23ClN2O3. The number of halogens is 1. The molecule has 0 spiro atoms. The van der Waals surface area contributed by atoms with Gasteiger partial charge in [-0.25, -0.2) is 0 Å². The molecule has 138 valence electrons. The van der Waals surface area contributed by atoms with E-state index in [2.05, 4.69) is 17.6 Å². The quantitative estimate of drug-likeness (QED) is 0.678. The highest BCUT2D eigenvalue weighted by Crippen LogP contribution is 2.24. The lowest BCUT2D eigenvalue weighted by Gasteiger charge is -2.17. The molecule has 26 heavy (non-hydrogen) atoms. The van der Waals surface area contributed by atoms with Crippen LogP contribution in [0.5, 0.6) is 5.75 Å². The number of unbranched alkanes of at least 4 members (excludes halogenated alkanes) is 1. The molecule has 2 aromatic carbocycles. The monoisotopic (exact) mass is 374 g/mol. The molecule has 6 heteroatoms. The van der Waals surface area contributed by atoms with E-state index in [4.69, 9.17) is 16.3 Å². The predicted molar refractivity (Wildman–Crippen MR) is 104 cm³/mol. The summed E-state index contributed by atoms with van der Waals surface area (Å²) in [4.78, 5) is 24.8. The molecule has 2 N–H and O–H groups in total. The van der Waals surface area contributed by atoms with Crippen molar-refractivity contribution in [2.45, 2.75) is 32.8 Å². The number of para-hydroxylation sites is 2. The molecule has 0 aliphatic carbocycles. The number of anilines is 1. The first kappa shape index (κ1) is 19.8. The standard InChI is InChI=1S/C20H23ClN2O3/c1-3-4-13-22-20(25)15-9-5-7-11-17(15)23-19(24)14(2)26-18-12-8-6-10-16(18)21/h5-12,14H,3-4,13H2,1-2H3,(H,22,25)(H,23,24)/t14-/m1/s1. The first-order valence-electron chi connectivity index (χ1n) is 8.62. The Morgan fingerprint density at radius 2 is 1.81 bits per heavy atom. The summed E-state index contributed by atoms with van der Waals surface area (Å²) in [6, 6.07) is 13.8. The lowest BCUT2D eigenvalue weighted by atomic mass is 10.1. The molecule has 1 atom stereocenters. The van der Waals surface area contributed by atoms with E-state index < -0.39 is 6.10 Å². The van der Waals surface area contributed by atoms with Gasteiger partial charge in [0.05, 0.1) is 16.3 Å². The highest BCUT2D eigenvalue weighted by molar-refractivity contribution is 6.32. The summed E-state index contributed by atoms with van der Waals surface area (Å²) in [6.45, 7) is 4.28. The van der Waals surface area contributed by atoms with E-state index in [0.29, 0.717) is 28.6 Å². The van der Waals surface area contributed by atoms with Crippen LogP contribution in [0.25, 0.3) is 0 Å². The number of nitrogens with one attached hydrogen (secondary N) is 2. The lowest BCUT2D eigenvalue weighted by Crippen LogP contribution is -2.32. The maximum Gasteiger partial charge on any atom is 0.265 e. The van der Waals surface area contributed by atoms with Crippen molar-refractivity contribution in [3.63, 3.8) is 0 Å². The zero-order chi connectivity index (χ0) is 18.9. The normalized spacial score (nSPS) is 11.5. The summed E-state index contributed by atoms with van der Waals surface area (Å²) >= 11 is 6.05. The summed E-state index contributed by atoms with van der Waals surface area (Å²) in [7, 11) is 0. The Hall–Kier alpha value is -2.53. The molecule has 0 bridgehead atoms. The van der Waals surface area contributed by atoms with Gasteiger partial charge in [0.25, 0.3) is 11.8 Å². The Balaban J connectivity index is 2.04. The topological polar surface area (TPSA) is 67.4 Å². The Morgan fingerprint density at radius 1 is 1.12 bits per heavy atom. The van der Waals surface area contributed by atoms with Gasteiger partial charge in [-0.05, 0) is 37.6 Å². The highest BCUT2D eigenvalue weighted by Gasteiger charge is 2.19. The number of carbonyl (C=O) groups excluding carboxylic acids is 2. The molecule has 0 saturated carbocycles. The summed E-state index contributed by atoms with van der Waals surface area (Å²) < 4.78 is 5.61. The Labute approximate surface area is 158 Å². The van der Waals surface area contributed by atoms with Gasteiger partial charge in [-0.1, -0.05) is 49.2 Å². The van der Waals surface area contributed by atoms with Gasteiger partial charge in [0.15, 0.2) is 6.10 Å². The zero-order valence-corrected chi connectivity index (χ0v) is 15.7. The molecule has 0 saturated heterocycles. The van der Waals surface area contributed by atoms with Crippen LogP contribution < -0.4 is 15.4 Å². The molecule has 0 aromatic heterocycles. The fourth-order valence-corrected chi connectivity index (χ4v) is 2.46. The first-order chi connectivity index (χ1) is 12.5. The second-order valence-electron chi connectivity index (χ2n) is 5.83. The fourth-order valence-electron chi connectivity index (χ4n) is 2.28. The van der Waals surface area contributed by atoms with Gasteiger partial charge in [-0.3, -0.25) is 9.59 Å². The molecule has 0 aliphatic rings. The second kappa shape index (κ2) is 9.82. The van der Waals surface area contributed by atoms with E-state index in [-0.39, 0.29) is 11.8 Å². The summed E-state index contributed by atoms with van der Waals surface area (Å²) in [5.74, 6) is -0.143. The Morgan fingerprint density at radius 3 is 2.54 bits per heavy atom. The van der Waals surface area contributed by atoms with Crippen LogP contribution in [0.3, 0.4) is 0 Å². The van der Waals surface area contributed by atoms with Crippen LogP contribution in [0, 0.1) is 0 Å². The molecule has 2 amide bonds. The summed E-state index contributed by atoms with van der Waals surface area (Å²) in [5, 5.41) is 6.04. The van der Waals surface area contributed by atoms with Crippen LogP contribution in [0.4, 0.5) is 5.69 Å². The van der Waals surface area contributed by atoms with Crippen molar-refractivity contribution in [1.82, 2.24) is 5.32 Å². The van der Waals surface area contributed by atoms with Crippen LogP contribution in [-0.2, 0) is 4.79 Å². The van der Waals surface area contributed by atoms with Crippen molar-refractivity contribution in [2.24, 2.45) is 0 Å². The van der Waals surface area contributed by atoms with Crippen LogP contribution in [-0.4, -0.2) is 24.5 Å². The number of carbonyl (C=O) groups is 2. The first-order valence-corrected chi connectivity index (χ1v) is 9.00. The molecule has 0 fully saturated rings. The van der Waals surface area contributed by atoms with Crippen LogP contribution in [0.2, 0.25) is 5.02 Å². The minimum Gasteiger partial charge on any atom is -0.479 e. The van der Waals surface area contributed by atoms with Gasteiger partial charge in [-0.15, -0.1) is 0 Å². The van der Waals surface area contributed by atoms with Crippen molar-refractivity contribution in [1.29, 1.82) is 0 Å². The minimum absolute atomic E-state index is 0.214. The molecule has 0 heterocycles. The van der Waals surface area contributed by atoms with E-state index in [1.807, 2.05) is 0 Å². The molecule has 2 rings (SSSR count). The van der Waals surface area contributed by atoms with Gasteiger partial charge >= 0.3 is 0 Å². The van der Waals surface area contributed by atoms with Crippen molar-refractivity contribution in [3.05, 3.63) is 59.1 Å². The van der Waals surface area contributed by atoms with Gasteiger partial charge in [0.1, 0.15) is 5.75 Å². The number of hydrogen-bond acceptors (Lipinski definition) is 3. The molecular weight excluding hydrogens is 352 g/mol. The average Bonchev–Trinajstić information content (AvgIpc) is 2.64. The summed E-state index contributed by atoms with van der Waals surface area (Å²) in [6.07, 6.45) is 1.13. The van der Waals surface area contributed by atoms with Crippen molar-refractivity contribution in [3.8, 4) is 5.75 Å². The van der Waals surface area contributed by atoms with E-state index in [1.54, 1.807) is 55.5 Å². The number of ether oxygens (including phenoxy) is 1. The third-order valence-electron chi connectivity index (χ3n) is 3.76. The molecule has 2 aromatic rings. The van der Waals surface area contributed by atoms with E-state index in [1.165, 1.54) is 0 Å². The smallest absolute Gasteiger partial charge is 0.265 e. The Bertz CT molecular complexity index is 764. The van der Waals surface area contributed by atoms with Crippen molar-refractivity contribution < 1.29 is 14.3 Å². The van der Waals surface area contributed by atoms with E-state index >= 15 is 0 Å². The maximum atomic E-state index is 12.5. The van der Waals surface area contributed by atoms with E-state index in [0.717, 1.165) is 12.8 Å². The molecule has 0 radical (unpaired) electrons. The van der Waals surface area contributed by atoms with Gasteiger partial charge < -0.3 is 15.4 Å². The van der Waals surface area contributed by atoms with Crippen LogP contribution in [0.1, 0.15) is 37.0 Å². The van der Waals surface area contributed by atoms with Crippen molar-refractivity contribution >= 4 is 29.1 Å². The third-order valence-corrected chi connectivity index (χ3v) is 4.07. The number of benzene rings is 2. The van der Waals surface area contributed by atoms with Crippen molar-refractivity contribution in [2.75, 3.05) is 11.9 Å². The number of hydrogen-bond donors (Lipinski definition) is 2. The average molecular weight is 375 g/mol. The number of amides is 2. The lowest BCUT2D eigenvalue weighted by molar-refractivity contribution is -0.122. The van der Waals surface area contributed by atoms with Gasteiger partial charge in [0.2, 0.25) is 0 Å². The highest BCUT2D eigenvalue weighted by atomic mass is 35.5. The van der Waals surface area contributed by atoms with E-state index in [9.17, 15) is 9.59 Å². The fraction of sp³-hybridized carbons (Fsp3) is 0.300. The van der Waals surface area contributed by atoms with Gasteiger partial charge in [0, 0.05) is 6.54 Å². The SMILES string of the molecule is CCCCNC(=O)c1ccccc1NC(=O)[C@@H](C)Oc1ccccc1Cl. The minimum atomic E-state index is -0.772. The molecule has 0 unspecified atom stereocenters. The number of rotatable bonds is 8. The Kier molecular flexibility index (Phi) is 7.48. The maximum absolute atomic E-state index is 12.5. The largest absolute Gasteiger partial charge is 0.479 e. The second-order valence-corrected chi connectivity index (χ2v) is 6.24. The van der Waals surface area contributed by atoms with Crippen LogP contribution in [0.15, 0.2) is 48.5 Å². The predicted octanol–water partition coefficient (Wildman–Crippen LogP) is 4.28. The summed E-state index contributed by atoms with van der Waals surface area (Å²) in [5.41, 5.74) is 0.864.